The van der Waals surface area contributed by atoms with Crippen molar-refractivity contribution >= 4 is 33.6 Å². The maximum atomic E-state index is 12.5. The van der Waals surface area contributed by atoms with Crippen molar-refractivity contribution in [3.05, 3.63) is 70.2 Å². The van der Waals surface area contributed by atoms with Gasteiger partial charge in [0, 0.05) is 28.9 Å². The molecule has 0 heterocycles. The Hall–Kier alpha value is -3.39. The highest BCUT2D eigenvalue weighted by Gasteiger charge is 2.28. The number of aromatic hydroxyl groups is 1. The minimum atomic E-state index is -1.14. The minimum absolute atomic E-state index is 0.156. The average Bonchev–Trinajstić information content (AvgIpc) is 2.75. The van der Waals surface area contributed by atoms with Crippen LogP contribution in [0.2, 0.25) is 0 Å². The van der Waals surface area contributed by atoms with Crippen LogP contribution >= 0.6 is 15.9 Å². The first-order chi connectivity index (χ1) is 14.4. The fourth-order valence-corrected chi connectivity index (χ4v) is 2.85. The van der Waals surface area contributed by atoms with E-state index in [4.69, 9.17) is 19.9 Å². The normalized spacial score (nSPS) is 12.6. The molecule has 0 radical (unpaired) electrons. The molecule has 0 aliphatic heterocycles. The van der Waals surface area contributed by atoms with Crippen LogP contribution in [0.5, 0.6) is 5.75 Å². The highest BCUT2D eigenvalue weighted by molar-refractivity contribution is 9.10. The molecule has 9 nitrogen and oxygen atoms in total. The van der Waals surface area contributed by atoms with Crippen LogP contribution < -0.4 is 10.8 Å². The number of amides is 2. The Morgan fingerprint density at radius 1 is 1.23 bits per heavy atom. The molecule has 0 aliphatic carbocycles. The third kappa shape index (κ3) is 6.31. The summed E-state index contributed by atoms with van der Waals surface area (Å²) in [6.45, 7) is 0. The fourth-order valence-electron chi connectivity index (χ4n) is 2.47. The molecule has 0 spiro atoms. The summed E-state index contributed by atoms with van der Waals surface area (Å²) in [5.41, 5.74) is 2.49. The summed E-state index contributed by atoms with van der Waals surface area (Å²) in [6.07, 6.45) is -0.710. The lowest BCUT2D eigenvalue weighted by atomic mass is 10.0. The van der Waals surface area contributed by atoms with Crippen molar-refractivity contribution in [2.24, 2.45) is 0 Å². The predicted molar refractivity (Wildman–Crippen MR) is 110 cm³/mol. The van der Waals surface area contributed by atoms with Crippen LogP contribution in [-0.2, 0) is 14.3 Å². The summed E-state index contributed by atoms with van der Waals surface area (Å²) >= 11 is 3.29. The molecule has 0 unspecified atom stereocenters. The van der Waals surface area contributed by atoms with Crippen LogP contribution in [0, 0.1) is 11.3 Å². The minimum Gasteiger partial charge on any atom is -0.508 e. The number of nitrogens with zero attached hydrogens (tertiary/aromatic N) is 1. The predicted octanol–water partition coefficient (Wildman–Crippen LogP) is 3.39. The monoisotopic (exact) mass is 475 g/mol. The molecule has 2 rings (SSSR count). The van der Waals surface area contributed by atoms with Gasteiger partial charge in [-0.1, -0.05) is 15.9 Å². The van der Waals surface area contributed by atoms with Gasteiger partial charge in [-0.3, -0.25) is 15.3 Å². The van der Waals surface area contributed by atoms with Crippen molar-refractivity contribution in [2.45, 2.75) is 12.2 Å². The number of halogens is 1. The van der Waals surface area contributed by atoms with E-state index < -0.39 is 24.2 Å². The number of carbonyl (C=O) groups excluding carboxylic acids is 2. The Labute approximate surface area is 180 Å². The molecule has 0 fully saturated rings. The zero-order valence-electron chi connectivity index (χ0n) is 15.7. The first kappa shape index (κ1) is 22.9. The molecule has 0 aromatic heterocycles. The Balaban J connectivity index is 2.30. The van der Waals surface area contributed by atoms with Gasteiger partial charge in [0.15, 0.2) is 6.10 Å². The molecule has 156 valence electrons. The molecule has 30 heavy (non-hydrogen) atoms. The van der Waals surface area contributed by atoms with E-state index in [1.54, 1.807) is 12.1 Å². The lowest BCUT2D eigenvalue weighted by molar-refractivity contribution is -0.124. The van der Waals surface area contributed by atoms with Gasteiger partial charge in [-0.05, 0) is 48.5 Å². The van der Waals surface area contributed by atoms with Crippen molar-refractivity contribution in [2.75, 3.05) is 12.4 Å². The molecular weight excluding hydrogens is 458 g/mol. The number of ether oxygens (including phenoxy) is 2. The van der Waals surface area contributed by atoms with Crippen LogP contribution in [0.4, 0.5) is 10.5 Å². The van der Waals surface area contributed by atoms with E-state index in [1.807, 2.05) is 6.07 Å². The van der Waals surface area contributed by atoms with E-state index in [2.05, 4.69) is 21.2 Å². The van der Waals surface area contributed by atoms with Gasteiger partial charge in [0.25, 0.3) is 5.91 Å². The third-order valence-electron chi connectivity index (χ3n) is 3.91. The van der Waals surface area contributed by atoms with Crippen LogP contribution in [0.25, 0.3) is 0 Å². The van der Waals surface area contributed by atoms with E-state index in [9.17, 15) is 14.7 Å². The summed E-state index contributed by atoms with van der Waals surface area (Å²) in [4.78, 5) is 23.8. The number of nitriles is 1. The highest BCUT2D eigenvalue weighted by atomic mass is 79.9. The van der Waals surface area contributed by atoms with E-state index in [1.165, 1.54) is 49.0 Å². The average molecular weight is 476 g/mol. The second-order valence-corrected chi connectivity index (χ2v) is 6.79. The number of hydroxylamine groups is 1. The maximum Gasteiger partial charge on any atom is 0.412 e. The van der Waals surface area contributed by atoms with Crippen molar-refractivity contribution in [1.82, 2.24) is 5.48 Å². The number of benzene rings is 2. The Bertz CT molecular complexity index is 971. The SMILES string of the molecule is CO[C@@H](/C=C/C(=O)NO)[C@@H](OC(=O)Nc1ccc(C#N)cc1)c1cc(Br)ccc1O. The Morgan fingerprint density at radius 3 is 2.53 bits per heavy atom. The molecule has 0 saturated heterocycles. The van der Waals surface area contributed by atoms with Crippen LogP contribution in [0.1, 0.15) is 17.2 Å². The molecule has 2 aromatic rings. The lowest BCUT2D eigenvalue weighted by Crippen LogP contribution is -2.27. The number of anilines is 1. The smallest absolute Gasteiger partial charge is 0.412 e. The second kappa shape index (κ2) is 11.0. The number of hydrogen-bond donors (Lipinski definition) is 4. The summed E-state index contributed by atoms with van der Waals surface area (Å²) < 4.78 is 11.4. The number of phenolic OH excluding ortho intramolecular Hbond substituents is 1. The van der Waals surface area contributed by atoms with Crippen molar-refractivity contribution < 1.29 is 29.4 Å². The summed E-state index contributed by atoms with van der Waals surface area (Å²) in [5, 5.41) is 30.3. The quantitative estimate of drug-likeness (QED) is 0.273. The van der Waals surface area contributed by atoms with Crippen LogP contribution in [-0.4, -0.2) is 35.5 Å². The molecule has 0 bridgehead atoms. The standard InChI is InChI=1S/C20H18BrN3O6/c1-29-17(8-9-18(26)24-28)19(15-10-13(21)4-7-16(15)25)30-20(27)23-14-5-2-12(11-22)3-6-14/h2-10,17,19,25,28H,1H3,(H,23,27)(H,24,26)/b9-8+/t17-,19-/m0/s1. The molecule has 2 amide bonds. The van der Waals surface area contributed by atoms with Gasteiger partial charge < -0.3 is 14.6 Å². The largest absolute Gasteiger partial charge is 0.508 e. The van der Waals surface area contributed by atoms with Gasteiger partial charge in [0.2, 0.25) is 0 Å². The van der Waals surface area contributed by atoms with Gasteiger partial charge >= 0.3 is 6.09 Å². The summed E-state index contributed by atoms with van der Waals surface area (Å²) in [7, 11) is 1.33. The second-order valence-electron chi connectivity index (χ2n) is 5.88. The lowest BCUT2D eigenvalue weighted by Gasteiger charge is -2.25. The third-order valence-corrected chi connectivity index (χ3v) is 4.40. The summed E-state index contributed by atoms with van der Waals surface area (Å²) in [6, 6.07) is 12.6. The van der Waals surface area contributed by atoms with Gasteiger partial charge in [-0.25, -0.2) is 10.3 Å². The number of carbonyl (C=O) groups is 2. The van der Waals surface area contributed by atoms with Gasteiger partial charge in [-0.15, -0.1) is 0 Å². The van der Waals surface area contributed by atoms with Crippen molar-refractivity contribution in [3.8, 4) is 11.8 Å². The van der Waals surface area contributed by atoms with E-state index in [0.717, 1.165) is 6.08 Å². The number of methoxy groups -OCH3 is 1. The molecule has 10 heteroatoms. The van der Waals surface area contributed by atoms with Crippen molar-refractivity contribution in [3.63, 3.8) is 0 Å². The number of phenols is 1. The van der Waals surface area contributed by atoms with Crippen molar-refractivity contribution in [1.29, 1.82) is 5.26 Å². The topological polar surface area (TPSA) is 141 Å². The van der Waals surface area contributed by atoms with E-state index >= 15 is 0 Å². The van der Waals surface area contributed by atoms with E-state index in [0.29, 0.717) is 15.7 Å². The molecule has 0 aliphatic rings. The summed E-state index contributed by atoms with van der Waals surface area (Å²) in [5.74, 6) is -0.965. The Morgan fingerprint density at radius 2 is 1.93 bits per heavy atom. The molecule has 4 N–H and O–H groups in total. The molecule has 2 aromatic carbocycles. The van der Waals surface area contributed by atoms with Crippen LogP contribution in [0.15, 0.2) is 59.1 Å². The molecule has 2 atom stereocenters. The first-order valence-corrected chi connectivity index (χ1v) is 9.28. The maximum absolute atomic E-state index is 12.5. The number of nitrogens with one attached hydrogen (secondary N) is 2. The van der Waals surface area contributed by atoms with Gasteiger partial charge in [-0.2, -0.15) is 5.26 Å². The van der Waals surface area contributed by atoms with Crippen LogP contribution in [0.3, 0.4) is 0 Å². The van der Waals surface area contributed by atoms with Gasteiger partial charge in [0.05, 0.1) is 11.6 Å². The molecular formula is C20H18BrN3O6. The number of rotatable bonds is 7. The zero-order valence-corrected chi connectivity index (χ0v) is 17.3. The van der Waals surface area contributed by atoms with Gasteiger partial charge in [0.1, 0.15) is 11.9 Å². The number of hydrogen-bond acceptors (Lipinski definition) is 7. The highest BCUT2D eigenvalue weighted by Crippen LogP contribution is 2.34. The fraction of sp³-hybridized carbons (Fsp3) is 0.150. The Kier molecular flexibility index (Phi) is 8.37. The molecule has 0 saturated carbocycles. The van der Waals surface area contributed by atoms with E-state index in [-0.39, 0.29) is 11.3 Å². The first-order valence-electron chi connectivity index (χ1n) is 8.49. The zero-order chi connectivity index (χ0) is 22.1.